The second-order valence-corrected chi connectivity index (χ2v) is 5.19. The molecule has 1 aromatic heterocycles. The van der Waals surface area contributed by atoms with E-state index in [9.17, 15) is 4.79 Å². The highest BCUT2D eigenvalue weighted by Gasteiger charge is 2.11. The molecule has 0 saturated carbocycles. The summed E-state index contributed by atoms with van der Waals surface area (Å²) >= 11 is 6.11. The van der Waals surface area contributed by atoms with E-state index in [1.54, 1.807) is 25.4 Å². The van der Waals surface area contributed by atoms with Gasteiger partial charge < -0.3 is 15.4 Å². The van der Waals surface area contributed by atoms with E-state index in [-0.39, 0.29) is 12.1 Å². The summed E-state index contributed by atoms with van der Waals surface area (Å²) in [6.45, 7) is 2.27. The average Bonchev–Trinajstić information content (AvgIpc) is 2.53. The molecule has 0 saturated heterocycles. The summed E-state index contributed by atoms with van der Waals surface area (Å²) in [5.74, 6) is 0.542. The van der Waals surface area contributed by atoms with Crippen molar-refractivity contribution >= 4 is 17.6 Å². The predicted octanol–water partition coefficient (Wildman–Crippen LogP) is 3.30. The molecular weight excluding hydrogens is 302 g/mol. The minimum Gasteiger partial charge on any atom is -0.481 e. The molecule has 116 valence electrons. The Morgan fingerprint density at radius 1 is 1.32 bits per heavy atom. The highest BCUT2D eigenvalue weighted by atomic mass is 35.5. The third-order valence-electron chi connectivity index (χ3n) is 3.18. The summed E-state index contributed by atoms with van der Waals surface area (Å²) in [6, 6.07) is 10.6. The summed E-state index contributed by atoms with van der Waals surface area (Å²) in [7, 11) is 1.56. The van der Waals surface area contributed by atoms with Crippen LogP contribution >= 0.6 is 11.6 Å². The minimum absolute atomic E-state index is 0.178. The van der Waals surface area contributed by atoms with E-state index in [1.165, 1.54) is 0 Å². The van der Waals surface area contributed by atoms with Crippen molar-refractivity contribution in [1.82, 2.24) is 15.6 Å². The topological polar surface area (TPSA) is 63.2 Å². The average molecular weight is 320 g/mol. The van der Waals surface area contributed by atoms with Crippen LogP contribution < -0.4 is 15.4 Å². The van der Waals surface area contributed by atoms with E-state index < -0.39 is 0 Å². The fourth-order valence-corrected chi connectivity index (χ4v) is 2.27. The molecule has 0 fully saturated rings. The van der Waals surface area contributed by atoms with E-state index in [0.717, 1.165) is 11.1 Å². The maximum atomic E-state index is 11.9. The number of nitrogens with zero attached hydrogens (tertiary/aromatic N) is 1. The molecule has 22 heavy (non-hydrogen) atoms. The fraction of sp³-hybridized carbons (Fsp3) is 0.250. The van der Waals surface area contributed by atoms with Crippen molar-refractivity contribution in [1.29, 1.82) is 0 Å². The van der Waals surface area contributed by atoms with Crippen LogP contribution in [0.2, 0.25) is 5.02 Å². The number of hydrogen-bond acceptors (Lipinski definition) is 3. The SMILES string of the molecule is COc1ccc(CNC(=O)NC(C)c2ccccc2Cl)cn1. The number of hydrogen-bond donors (Lipinski definition) is 2. The summed E-state index contributed by atoms with van der Waals surface area (Å²) in [5, 5.41) is 6.27. The Morgan fingerprint density at radius 2 is 2.09 bits per heavy atom. The van der Waals surface area contributed by atoms with Crippen LogP contribution in [-0.4, -0.2) is 18.1 Å². The zero-order valence-corrected chi connectivity index (χ0v) is 13.2. The Morgan fingerprint density at radius 3 is 2.73 bits per heavy atom. The summed E-state index contributed by atoms with van der Waals surface area (Å²) in [6.07, 6.45) is 1.66. The number of nitrogens with one attached hydrogen (secondary N) is 2. The lowest BCUT2D eigenvalue weighted by Crippen LogP contribution is -2.36. The highest BCUT2D eigenvalue weighted by Crippen LogP contribution is 2.21. The van der Waals surface area contributed by atoms with E-state index >= 15 is 0 Å². The van der Waals surface area contributed by atoms with Gasteiger partial charge in [0.15, 0.2) is 0 Å². The molecule has 1 atom stereocenters. The van der Waals surface area contributed by atoms with Gasteiger partial charge in [-0.3, -0.25) is 0 Å². The van der Waals surface area contributed by atoms with E-state index in [4.69, 9.17) is 16.3 Å². The van der Waals surface area contributed by atoms with E-state index in [1.807, 2.05) is 31.2 Å². The number of methoxy groups -OCH3 is 1. The largest absolute Gasteiger partial charge is 0.481 e. The summed E-state index contributed by atoms with van der Waals surface area (Å²) in [5.41, 5.74) is 1.77. The van der Waals surface area contributed by atoms with E-state index in [2.05, 4.69) is 15.6 Å². The first-order valence-corrected chi connectivity index (χ1v) is 7.25. The van der Waals surface area contributed by atoms with Crippen LogP contribution in [0, 0.1) is 0 Å². The predicted molar refractivity (Wildman–Crippen MR) is 86.0 cm³/mol. The Labute approximate surface area is 134 Å². The van der Waals surface area contributed by atoms with Gasteiger partial charge >= 0.3 is 6.03 Å². The van der Waals surface area contributed by atoms with Crippen molar-refractivity contribution in [2.75, 3.05) is 7.11 Å². The van der Waals surface area contributed by atoms with Gasteiger partial charge in [-0.1, -0.05) is 35.9 Å². The van der Waals surface area contributed by atoms with Crippen LogP contribution in [0.4, 0.5) is 4.79 Å². The van der Waals surface area contributed by atoms with Crippen LogP contribution in [0.1, 0.15) is 24.1 Å². The number of ether oxygens (including phenoxy) is 1. The zero-order chi connectivity index (χ0) is 15.9. The van der Waals surface area contributed by atoms with Crippen LogP contribution in [0.15, 0.2) is 42.6 Å². The smallest absolute Gasteiger partial charge is 0.315 e. The van der Waals surface area contributed by atoms with Crippen molar-refractivity contribution in [3.8, 4) is 5.88 Å². The van der Waals surface area contributed by atoms with Gasteiger partial charge in [-0.25, -0.2) is 9.78 Å². The Kier molecular flexibility index (Phi) is 5.61. The number of carbonyl (C=O) groups excluding carboxylic acids is 1. The molecule has 1 heterocycles. The molecule has 2 aromatic rings. The molecule has 2 amide bonds. The Hall–Kier alpha value is -2.27. The van der Waals surface area contributed by atoms with Gasteiger partial charge in [0.25, 0.3) is 0 Å². The number of urea groups is 1. The molecule has 0 spiro atoms. The van der Waals surface area contributed by atoms with Gasteiger partial charge in [0, 0.05) is 23.8 Å². The summed E-state index contributed by atoms with van der Waals surface area (Å²) in [4.78, 5) is 16.0. The second-order valence-electron chi connectivity index (χ2n) is 4.78. The number of pyridine rings is 1. The quantitative estimate of drug-likeness (QED) is 0.888. The number of halogens is 1. The molecule has 1 aromatic carbocycles. The fourth-order valence-electron chi connectivity index (χ4n) is 1.97. The molecule has 5 nitrogen and oxygen atoms in total. The first-order chi connectivity index (χ1) is 10.6. The molecule has 2 rings (SSSR count). The van der Waals surface area contributed by atoms with Crippen LogP contribution in [0.3, 0.4) is 0 Å². The van der Waals surface area contributed by atoms with E-state index in [0.29, 0.717) is 17.4 Å². The van der Waals surface area contributed by atoms with Gasteiger partial charge in [-0.05, 0) is 24.1 Å². The molecule has 2 N–H and O–H groups in total. The lowest BCUT2D eigenvalue weighted by atomic mass is 10.1. The van der Waals surface area contributed by atoms with Crippen LogP contribution in [0.5, 0.6) is 5.88 Å². The molecule has 0 radical (unpaired) electrons. The zero-order valence-electron chi connectivity index (χ0n) is 12.5. The van der Waals surface area contributed by atoms with Crippen molar-refractivity contribution in [2.24, 2.45) is 0 Å². The van der Waals surface area contributed by atoms with Gasteiger partial charge in [0.2, 0.25) is 5.88 Å². The maximum Gasteiger partial charge on any atom is 0.315 e. The van der Waals surface area contributed by atoms with Gasteiger partial charge in [0.05, 0.1) is 13.2 Å². The van der Waals surface area contributed by atoms with Crippen molar-refractivity contribution in [3.05, 3.63) is 58.7 Å². The van der Waals surface area contributed by atoms with Crippen molar-refractivity contribution < 1.29 is 9.53 Å². The van der Waals surface area contributed by atoms with Crippen LogP contribution in [-0.2, 0) is 6.54 Å². The van der Waals surface area contributed by atoms with Crippen molar-refractivity contribution in [3.63, 3.8) is 0 Å². The van der Waals surface area contributed by atoms with Gasteiger partial charge in [-0.2, -0.15) is 0 Å². The molecule has 6 heteroatoms. The molecule has 0 bridgehead atoms. The minimum atomic E-state index is -0.261. The molecule has 0 aliphatic carbocycles. The number of amides is 2. The number of rotatable bonds is 5. The van der Waals surface area contributed by atoms with Gasteiger partial charge in [0.1, 0.15) is 0 Å². The van der Waals surface area contributed by atoms with Crippen LogP contribution in [0.25, 0.3) is 0 Å². The normalized spacial score (nSPS) is 11.6. The third kappa shape index (κ3) is 4.36. The standard InChI is InChI=1S/C16H18ClN3O2/c1-11(13-5-3-4-6-14(13)17)20-16(21)19-10-12-7-8-15(22-2)18-9-12/h3-9,11H,10H2,1-2H3,(H2,19,20,21). The molecule has 1 unspecified atom stereocenters. The Bertz CT molecular complexity index is 632. The lowest BCUT2D eigenvalue weighted by molar-refractivity contribution is 0.237. The molecule has 0 aliphatic rings. The monoisotopic (exact) mass is 319 g/mol. The van der Waals surface area contributed by atoms with Gasteiger partial charge in [-0.15, -0.1) is 0 Å². The highest BCUT2D eigenvalue weighted by molar-refractivity contribution is 6.31. The van der Waals surface area contributed by atoms with Crippen molar-refractivity contribution in [2.45, 2.75) is 19.5 Å². The number of benzene rings is 1. The molecule has 0 aliphatic heterocycles. The third-order valence-corrected chi connectivity index (χ3v) is 3.52. The first kappa shape index (κ1) is 16.1. The second kappa shape index (κ2) is 7.66. The number of aromatic nitrogens is 1. The number of carbonyl (C=O) groups is 1. The lowest BCUT2D eigenvalue weighted by Gasteiger charge is -2.16. The summed E-state index contributed by atoms with van der Waals surface area (Å²) < 4.78 is 4.98. The molecular formula is C16H18ClN3O2. The maximum absolute atomic E-state index is 11.9. The Balaban J connectivity index is 1.86. The first-order valence-electron chi connectivity index (χ1n) is 6.88.